The van der Waals surface area contributed by atoms with E-state index < -0.39 is 0 Å². The molecular weight excluding hydrogens is 138 g/mol. The molecule has 0 spiro atoms. The molecule has 0 aromatic heterocycles. The monoisotopic (exact) mass is 149 g/mol. The molecule has 3 heteroatoms. The predicted octanol–water partition coefficient (Wildman–Crippen LogP) is 0.685. The standard InChI is InChI=1S/C8H11N3/c1-2-11-6-10-8-7(11)4-3-5-9-8/h3-8H,2H2,1H3. The van der Waals surface area contributed by atoms with Gasteiger partial charge in [0.15, 0.2) is 6.17 Å². The molecule has 0 bridgehead atoms. The molecule has 0 saturated heterocycles. The number of fused-ring (bicyclic) bond motifs is 1. The molecule has 2 heterocycles. The molecule has 0 aliphatic carbocycles. The number of hydrogen-bond donors (Lipinski definition) is 0. The van der Waals surface area contributed by atoms with Crippen LogP contribution in [0.1, 0.15) is 6.92 Å². The maximum Gasteiger partial charge on any atom is 0.165 e. The van der Waals surface area contributed by atoms with E-state index in [0.717, 1.165) is 6.54 Å². The number of rotatable bonds is 1. The van der Waals surface area contributed by atoms with E-state index in [4.69, 9.17) is 0 Å². The molecule has 3 nitrogen and oxygen atoms in total. The van der Waals surface area contributed by atoms with E-state index in [9.17, 15) is 0 Å². The molecular formula is C8H11N3. The lowest BCUT2D eigenvalue weighted by Crippen LogP contribution is -2.34. The summed E-state index contributed by atoms with van der Waals surface area (Å²) in [7, 11) is 0. The fourth-order valence-electron chi connectivity index (χ4n) is 1.42. The molecule has 0 N–H and O–H groups in total. The second-order valence-corrected chi connectivity index (χ2v) is 2.68. The molecule has 0 fully saturated rings. The van der Waals surface area contributed by atoms with Gasteiger partial charge in [-0.15, -0.1) is 0 Å². The number of hydrogen-bond acceptors (Lipinski definition) is 3. The Balaban J connectivity index is 2.18. The van der Waals surface area contributed by atoms with Crippen LogP contribution in [0.3, 0.4) is 0 Å². The van der Waals surface area contributed by atoms with Crippen molar-refractivity contribution in [2.75, 3.05) is 6.54 Å². The van der Waals surface area contributed by atoms with Gasteiger partial charge in [0, 0.05) is 12.8 Å². The highest BCUT2D eigenvalue weighted by atomic mass is 15.3. The summed E-state index contributed by atoms with van der Waals surface area (Å²) in [6.07, 6.45) is 7.96. The van der Waals surface area contributed by atoms with Crippen molar-refractivity contribution in [3.05, 3.63) is 12.2 Å². The van der Waals surface area contributed by atoms with Gasteiger partial charge in [0.25, 0.3) is 0 Å². The summed E-state index contributed by atoms with van der Waals surface area (Å²) < 4.78 is 0. The number of nitrogens with zero attached hydrogens (tertiary/aromatic N) is 3. The third-order valence-corrected chi connectivity index (χ3v) is 2.05. The number of dihydropyridines is 1. The number of allylic oxidation sites excluding steroid dienone is 1. The van der Waals surface area contributed by atoms with Crippen LogP contribution in [-0.2, 0) is 0 Å². The molecule has 2 rings (SSSR count). The van der Waals surface area contributed by atoms with Gasteiger partial charge in [0.2, 0.25) is 0 Å². The molecule has 0 aromatic rings. The first-order chi connectivity index (χ1) is 5.42. The van der Waals surface area contributed by atoms with Crippen LogP contribution in [0, 0.1) is 0 Å². The molecule has 2 aliphatic rings. The Morgan fingerprint density at radius 3 is 3.18 bits per heavy atom. The van der Waals surface area contributed by atoms with Gasteiger partial charge in [0.05, 0.1) is 12.4 Å². The summed E-state index contributed by atoms with van der Waals surface area (Å²) in [6.45, 7) is 3.13. The highest BCUT2D eigenvalue weighted by Crippen LogP contribution is 2.17. The van der Waals surface area contributed by atoms with Crippen molar-refractivity contribution in [3.8, 4) is 0 Å². The van der Waals surface area contributed by atoms with Gasteiger partial charge >= 0.3 is 0 Å². The largest absolute Gasteiger partial charge is 0.353 e. The van der Waals surface area contributed by atoms with Crippen LogP contribution >= 0.6 is 0 Å². The van der Waals surface area contributed by atoms with Crippen molar-refractivity contribution in [1.82, 2.24) is 4.90 Å². The topological polar surface area (TPSA) is 28.0 Å². The zero-order valence-corrected chi connectivity index (χ0v) is 6.51. The van der Waals surface area contributed by atoms with E-state index in [1.54, 1.807) is 0 Å². The number of likely N-dealkylation sites (N-methyl/N-ethyl adjacent to an activating group) is 1. The normalized spacial score (nSPS) is 33.0. The third kappa shape index (κ3) is 0.964. The third-order valence-electron chi connectivity index (χ3n) is 2.05. The summed E-state index contributed by atoms with van der Waals surface area (Å²) in [5.41, 5.74) is 0. The highest BCUT2D eigenvalue weighted by Gasteiger charge is 2.27. The van der Waals surface area contributed by atoms with Crippen molar-refractivity contribution in [3.63, 3.8) is 0 Å². The Kier molecular flexibility index (Phi) is 1.49. The Labute approximate surface area is 66.1 Å². The molecule has 2 aliphatic heterocycles. The van der Waals surface area contributed by atoms with Crippen molar-refractivity contribution < 1.29 is 0 Å². The van der Waals surface area contributed by atoms with E-state index in [0.29, 0.717) is 6.04 Å². The minimum Gasteiger partial charge on any atom is -0.353 e. The highest BCUT2D eigenvalue weighted by molar-refractivity contribution is 5.74. The van der Waals surface area contributed by atoms with Gasteiger partial charge in [-0.05, 0) is 13.0 Å². The van der Waals surface area contributed by atoms with E-state index in [-0.39, 0.29) is 6.17 Å². The van der Waals surface area contributed by atoms with Crippen LogP contribution in [0.25, 0.3) is 0 Å². The minimum absolute atomic E-state index is 0.125. The van der Waals surface area contributed by atoms with Crippen LogP contribution in [0.15, 0.2) is 22.1 Å². The summed E-state index contributed by atoms with van der Waals surface area (Å²) in [5, 5.41) is 0. The van der Waals surface area contributed by atoms with E-state index >= 15 is 0 Å². The molecule has 11 heavy (non-hydrogen) atoms. The number of aliphatic imine (C=N–C) groups is 2. The molecule has 0 amide bonds. The predicted molar refractivity (Wildman–Crippen MR) is 46.1 cm³/mol. The van der Waals surface area contributed by atoms with E-state index in [1.807, 2.05) is 18.6 Å². The van der Waals surface area contributed by atoms with Gasteiger partial charge in [-0.2, -0.15) is 0 Å². The maximum atomic E-state index is 4.26. The van der Waals surface area contributed by atoms with Crippen molar-refractivity contribution in [2.45, 2.75) is 19.1 Å². The van der Waals surface area contributed by atoms with Crippen molar-refractivity contribution in [1.29, 1.82) is 0 Å². The summed E-state index contributed by atoms with van der Waals surface area (Å²) in [5.74, 6) is 0. The lowest BCUT2D eigenvalue weighted by atomic mass is 10.2. The van der Waals surface area contributed by atoms with Gasteiger partial charge in [0.1, 0.15) is 0 Å². The molecule has 2 atom stereocenters. The molecule has 0 aromatic carbocycles. The van der Waals surface area contributed by atoms with Gasteiger partial charge in [-0.1, -0.05) is 6.08 Å². The molecule has 0 saturated carbocycles. The minimum atomic E-state index is 0.125. The smallest absolute Gasteiger partial charge is 0.165 e. The average molecular weight is 149 g/mol. The lowest BCUT2D eigenvalue weighted by Gasteiger charge is -2.23. The second-order valence-electron chi connectivity index (χ2n) is 2.68. The van der Waals surface area contributed by atoms with Crippen molar-refractivity contribution in [2.24, 2.45) is 9.98 Å². The molecule has 58 valence electrons. The maximum absolute atomic E-state index is 4.26. The molecule has 0 radical (unpaired) electrons. The lowest BCUT2D eigenvalue weighted by molar-refractivity contribution is 0.377. The van der Waals surface area contributed by atoms with E-state index in [1.165, 1.54) is 0 Å². The fourth-order valence-corrected chi connectivity index (χ4v) is 1.42. The van der Waals surface area contributed by atoms with Crippen LogP contribution in [-0.4, -0.2) is 36.2 Å². The van der Waals surface area contributed by atoms with Crippen LogP contribution in [0.2, 0.25) is 0 Å². The quantitative estimate of drug-likeness (QED) is 0.539. The summed E-state index contributed by atoms with van der Waals surface area (Å²) in [6, 6.07) is 0.380. The fraction of sp³-hybridized carbons (Fsp3) is 0.500. The Hall–Kier alpha value is -1.12. The van der Waals surface area contributed by atoms with Crippen LogP contribution in [0.4, 0.5) is 0 Å². The first kappa shape index (κ1) is 6.58. The zero-order chi connectivity index (χ0) is 7.68. The van der Waals surface area contributed by atoms with Crippen LogP contribution < -0.4 is 0 Å². The van der Waals surface area contributed by atoms with Gasteiger partial charge in [-0.25, -0.2) is 4.99 Å². The summed E-state index contributed by atoms with van der Waals surface area (Å²) in [4.78, 5) is 10.7. The first-order valence-corrected chi connectivity index (χ1v) is 3.91. The Morgan fingerprint density at radius 2 is 2.36 bits per heavy atom. The second kappa shape index (κ2) is 2.49. The van der Waals surface area contributed by atoms with Gasteiger partial charge < -0.3 is 4.90 Å². The first-order valence-electron chi connectivity index (χ1n) is 3.91. The Morgan fingerprint density at radius 1 is 1.45 bits per heavy atom. The SMILES string of the molecule is CCN1C=NC2N=CC=CC21. The van der Waals surface area contributed by atoms with Gasteiger partial charge in [-0.3, -0.25) is 4.99 Å². The Bertz CT molecular complexity index is 229. The average Bonchev–Trinajstić information content (AvgIpc) is 2.47. The zero-order valence-electron chi connectivity index (χ0n) is 6.51. The van der Waals surface area contributed by atoms with Crippen molar-refractivity contribution >= 4 is 12.6 Å². The molecule has 2 unspecified atom stereocenters. The summed E-state index contributed by atoms with van der Waals surface area (Å²) >= 11 is 0. The van der Waals surface area contributed by atoms with E-state index in [2.05, 4.69) is 27.9 Å². The van der Waals surface area contributed by atoms with Crippen LogP contribution in [0.5, 0.6) is 0 Å².